The predicted molar refractivity (Wildman–Crippen MR) is 263 cm³/mol. The lowest BCUT2D eigenvalue weighted by atomic mass is 9.70. The van der Waals surface area contributed by atoms with E-state index in [1.54, 1.807) is 0 Å². The zero-order chi connectivity index (χ0) is 41.9. The Hall–Kier alpha value is -8.40. The molecule has 2 aromatic heterocycles. The van der Waals surface area contributed by atoms with Crippen LogP contribution in [0.1, 0.15) is 22.3 Å². The van der Waals surface area contributed by atoms with E-state index in [1.165, 1.54) is 55.6 Å². The van der Waals surface area contributed by atoms with Crippen LogP contribution in [0.25, 0.3) is 88.4 Å². The lowest BCUT2D eigenvalue weighted by Gasteiger charge is -2.36. The van der Waals surface area contributed by atoms with Gasteiger partial charge in [0.05, 0.1) is 11.1 Å². The second-order valence-electron chi connectivity index (χ2n) is 17.1. The molecule has 1 atom stereocenters. The van der Waals surface area contributed by atoms with Gasteiger partial charge < -0.3 is 13.7 Å². The van der Waals surface area contributed by atoms with E-state index >= 15 is 0 Å². The molecular formula is C61H37NO2. The SMILES string of the molecule is c1ccc(-c2ccc(N(c3ccc(-c4cccc5c4oc4ccccc45)cc3)c3cccc4c3C3(c5ccccc5-c5cc6c(cc53)oc3ccccc36)c3ccccc3-4)cc2)cc1. The highest BCUT2D eigenvalue weighted by molar-refractivity contribution is 6.11. The topological polar surface area (TPSA) is 29.5 Å². The van der Waals surface area contributed by atoms with Crippen LogP contribution in [0.5, 0.6) is 0 Å². The summed E-state index contributed by atoms with van der Waals surface area (Å²) < 4.78 is 13.2. The van der Waals surface area contributed by atoms with Crippen LogP contribution in [-0.4, -0.2) is 0 Å². The summed E-state index contributed by atoms with van der Waals surface area (Å²) in [7, 11) is 0. The Morgan fingerprint density at radius 3 is 1.58 bits per heavy atom. The van der Waals surface area contributed by atoms with E-state index < -0.39 is 5.41 Å². The predicted octanol–water partition coefficient (Wildman–Crippen LogP) is 16.6. The molecule has 3 heteroatoms. The van der Waals surface area contributed by atoms with E-state index in [9.17, 15) is 0 Å². The van der Waals surface area contributed by atoms with Gasteiger partial charge >= 0.3 is 0 Å². The third kappa shape index (κ3) is 4.81. The summed E-state index contributed by atoms with van der Waals surface area (Å²) in [6.07, 6.45) is 0. The smallest absolute Gasteiger partial charge is 0.143 e. The first-order chi connectivity index (χ1) is 31.7. The van der Waals surface area contributed by atoms with Crippen LogP contribution in [0.3, 0.4) is 0 Å². The number of rotatable bonds is 5. The van der Waals surface area contributed by atoms with Crippen molar-refractivity contribution in [2.75, 3.05) is 4.90 Å². The molecule has 0 bridgehead atoms. The number of hydrogen-bond donors (Lipinski definition) is 0. The summed E-state index contributed by atoms with van der Waals surface area (Å²) in [5, 5.41) is 4.53. The molecule has 0 fully saturated rings. The van der Waals surface area contributed by atoms with Gasteiger partial charge in [0.2, 0.25) is 0 Å². The molecule has 0 saturated heterocycles. The highest BCUT2D eigenvalue weighted by atomic mass is 16.3. The molecule has 0 aliphatic heterocycles. The van der Waals surface area contributed by atoms with Gasteiger partial charge in [-0.2, -0.15) is 0 Å². The van der Waals surface area contributed by atoms with Crippen molar-refractivity contribution in [3.63, 3.8) is 0 Å². The molecule has 14 rings (SSSR count). The zero-order valence-electron chi connectivity index (χ0n) is 34.6. The summed E-state index contributed by atoms with van der Waals surface area (Å²) in [6.45, 7) is 0. The number of nitrogens with zero attached hydrogens (tertiary/aromatic N) is 1. The van der Waals surface area contributed by atoms with Crippen LogP contribution >= 0.6 is 0 Å². The van der Waals surface area contributed by atoms with Crippen LogP contribution in [0.2, 0.25) is 0 Å². The standard InChI is InChI=1S/C61H37NO2/c1-2-14-38(15-3-1)39-28-32-41(33-29-39)62(42-34-30-40(31-35-42)43-20-12-22-49-46-18-6-11-27-57(46)64-60(43)49)55-25-13-21-48-44-16-4-8-23-52(44)61(59(48)55)53-24-9-5-17-45(53)50-36-51-47-19-7-10-26-56(47)63-58(51)37-54(50)61/h1-37H. The van der Waals surface area contributed by atoms with Crippen molar-refractivity contribution in [3.05, 3.63) is 247 Å². The number of anilines is 3. The maximum atomic E-state index is 6.69. The van der Waals surface area contributed by atoms with Crippen molar-refractivity contribution in [3.8, 4) is 44.5 Å². The summed E-state index contributed by atoms with van der Waals surface area (Å²) in [5.41, 5.74) is 20.9. The fourth-order valence-electron chi connectivity index (χ4n) is 11.2. The van der Waals surface area contributed by atoms with Crippen molar-refractivity contribution in [2.24, 2.45) is 0 Å². The summed E-state index contributed by atoms with van der Waals surface area (Å²) >= 11 is 0. The molecule has 64 heavy (non-hydrogen) atoms. The third-order valence-electron chi connectivity index (χ3n) is 13.9. The van der Waals surface area contributed by atoms with Gasteiger partial charge in [-0.3, -0.25) is 0 Å². The van der Waals surface area contributed by atoms with Crippen LogP contribution in [0, 0.1) is 0 Å². The normalized spacial score (nSPS) is 14.6. The molecule has 0 radical (unpaired) electrons. The Morgan fingerprint density at radius 1 is 0.312 bits per heavy atom. The van der Waals surface area contributed by atoms with Crippen molar-refractivity contribution >= 4 is 60.9 Å². The second-order valence-corrected chi connectivity index (χ2v) is 17.1. The average Bonchev–Trinajstić information content (AvgIpc) is 4.09. The van der Waals surface area contributed by atoms with Gasteiger partial charge in [-0.25, -0.2) is 0 Å². The number of fused-ring (bicyclic) bond motifs is 16. The fourth-order valence-corrected chi connectivity index (χ4v) is 11.2. The average molecular weight is 816 g/mol. The number of hydrogen-bond acceptors (Lipinski definition) is 3. The van der Waals surface area contributed by atoms with Crippen molar-refractivity contribution in [1.82, 2.24) is 0 Å². The fraction of sp³-hybridized carbons (Fsp3) is 0.0164. The molecule has 3 nitrogen and oxygen atoms in total. The zero-order valence-corrected chi connectivity index (χ0v) is 34.6. The van der Waals surface area contributed by atoms with Gasteiger partial charge in [-0.15, -0.1) is 0 Å². The van der Waals surface area contributed by atoms with Gasteiger partial charge in [0.15, 0.2) is 0 Å². The van der Waals surface area contributed by atoms with E-state index in [1.807, 2.05) is 12.1 Å². The lowest BCUT2D eigenvalue weighted by Crippen LogP contribution is -2.28. The molecule has 0 N–H and O–H groups in total. The maximum Gasteiger partial charge on any atom is 0.143 e. The van der Waals surface area contributed by atoms with Gasteiger partial charge in [-0.1, -0.05) is 170 Å². The third-order valence-corrected chi connectivity index (χ3v) is 13.9. The van der Waals surface area contributed by atoms with Gasteiger partial charge in [0.25, 0.3) is 0 Å². The van der Waals surface area contributed by atoms with Crippen LogP contribution < -0.4 is 4.90 Å². The Bertz CT molecular complexity index is 3840. The van der Waals surface area contributed by atoms with Gasteiger partial charge in [-0.05, 0) is 110 Å². The van der Waals surface area contributed by atoms with E-state index in [2.05, 4.69) is 217 Å². The molecule has 1 unspecified atom stereocenters. The Morgan fingerprint density at radius 2 is 0.844 bits per heavy atom. The maximum absolute atomic E-state index is 6.69. The molecule has 12 aromatic rings. The second kappa shape index (κ2) is 13.3. The highest BCUT2D eigenvalue weighted by Gasteiger charge is 2.53. The minimum atomic E-state index is -0.624. The summed E-state index contributed by atoms with van der Waals surface area (Å²) in [6, 6.07) is 81.5. The molecule has 2 aliphatic carbocycles. The molecular weight excluding hydrogens is 779 g/mol. The monoisotopic (exact) mass is 815 g/mol. The number of furan rings is 2. The first-order valence-corrected chi connectivity index (χ1v) is 22.0. The summed E-state index contributed by atoms with van der Waals surface area (Å²) in [4.78, 5) is 2.47. The molecule has 10 aromatic carbocycles. The van der Waals surface area contributed by atoms with E-state index in [0.717, 1.165) is 72.1 Å². The molecule has 0 saturated carbocycles. The van der Waals surface area contributed by atoms with Crippen LogP contribution in [0.15, 0.2) is 233 Å². The van der Waals surface area contributed by atoms with Crippen LogP contribution in [0.4, 0.5) is 17.1 Å². The Balaban J connectivity index is 1.02. The molecule has 0 amide bonds. The first kappa shape index (κ1) is 35.2. The van der Waals surface area contributed by atoms with Crippen molar-refractivity contribution < 1.29 is 8.83 Å². The van der Waals surface area contributed by atoms with Crippen LogP contribution in [-0.2, 0) is 5.41 Å². The first-order valence-electron chi connectivity index (χ1n) is 22.0. The van der Waals surface area contributed by atoms with Crippen molar-refractivity contribution in [2.45, 2.75) is 5.41 Å². The quantitative estimate of drug-likeness (QED) is 0.173. The lowest BCUT2D eigenvalue weighted by molar-refractivity contribution is 0.666. The molecule has 2 heterocycles. The Labute approximate surface area is 369 Å². The van der Waals surface area contributed by atoms with E-state index in [4.69, 9.17) is 8.83 Å². The van der Waals surface area contributed by atoms with E-state index in [0.29, 0.717) is 0 Å². The van der Waals surface area contributed by atoms with Crippen molar-refractivity contribution in [1.29, 1.82) is 0 Å². The van der Waals surface area contributed by atoms with Gasteiger partial charge in [0.1, 0.15) is 22.3 Å². The molecule has 298 valence electrons. The molecule has 2 aliphatic rings. The minimum Gasteiger partial charge on any atom is -0.456 e. The largest absolute Gasteiger partial charge is 0.456 e. The Kier molecular flexibility index (Phi) is 7.32. The highest BCUT2D eigenvalue weighted by Crippen LogP contribution is 2.66. The number of para-hydroxylation sites is 3. The molecule has 1 spiro atoms. The van der Waals surface area contributed by atoms with E-state index in [-0.39, 0.29) is 0 Å². The summed E-state index contributed by atoms with van der Waals surface area (Å²) in [5.74, 6) is 0. The number of benzene rings is 10. The van der Waals surface area contributed by atoms with Gasteiger partial charge in [0, 0.05) is 44.0 Å². The minimum absolute atomic E-state index is 0.624.